The Morgan fingerprint density at radius 1 is 1.30 bits per heavy atom. The molecule has 0 saturated carbocycles. The van der Waals surface area contributed by atoms with Crippen molar-refractivity contribution in [1.82, 2.24) is 9.38 Å². The lowest BCUT2D eigenvalue weighted by Gasteiger charge is -2.12. The smallest absolute Gasteiger partial charge is 0.359 e. The molecule has 1 amide bonds. The van der Waals surface area contributed by atoms with E-state index in [0.29, 0.717) is 16.2 Å². The first-order chi connectivity index (χ1) is 14.5. The van der Waals surface area contributed by atoms with E-state index in [-0.39, 0.29) is 5.69 Å². The van der Waals surface area contributed by atoms with Crippen LogP contribution in [0.15, 0.2) is 24.4 Å². The number of anilines is 1. The van der Waals surface area contributed by atoms with Gasteiger partial charge in [-0.1, -0.05) is 12.5 Å². The van der Waals surface area contributed by atoms with Gasteiger partial charge in [0.15, 0.2) is 11.8 Å². The van der Waals surface area contributed by atoms with E-state index in [1.165, 1.54) is 23.1 Å². The summed E-state index contributed by atoms with van der Waals surface area (Å²) in [6.07, 6.45) is 5.68. The van der Waals surface area contributed by atoms with Crippen LogP contribution in [0, 0.1) is 18.3 Å². The lowest BCUT2D eigenvalue weighted by molar-refractivity contribution is -0.123. The summed E-state index contributed by atoms with van der Waals surface area (Å²) in [7, 11) is 0. The molecule has 0 radical (unpaired) electrons. The fourth-order valence-corrected chi connectivity index (χ4v) is 4.93. The Labute approximate surface area is 178 Å². The third-order valence-corrected chi connectivity index (χ3v) is 6.54. The normalized spacial score (nSPS) is 14.4. The average Bonchev–Trinajstić information content (AvgIpc) is 3.23. The second-order valence-corrected chi connectivity index (χ2v) is 8.54. The van der Waals surface area contributed by atoms with Crippen molar-refractivity contribution in [3.63, 3.8) is 0 Å². The zero-order valence-corrected chi connectivity index (χ0v) is 17.7. The minimum atomic E-state index is -1.02. The Balaban J connectivity index is 1.47. The van der Waals surface area contributed by atoms with Gasteiger partial charge < -0.3 is 14.5 Å². The number of ether oxygens (including phenoxy) is 1. The number of amides is 1. The van der Waals surface area contributed by atoms with E-state index in [2.05, 4.69) is 16.4 Å². The van der Waals surface area contributed by atoms with E-state index in [1.54, 1.807) is 16.7 Å². The number of aryl methyl sites for hydroxylation is 2. The molecule has 0 bridgehead atoms. The van der Waals surface area contributed by atoms with Crippen molar-refractivity contribution in [2.75, 3.05) is 5.32 Å². The summed E-state index contributed by atoms with van der Waals surface area (Å²) in [5.41, 5.74) is 3.31. The van der Waals surface area contributed by atoms with E-state index in [0.717, 1.165) is 43.4 Å². The van der Waals surface area contributed by atoms with Crippen molar-refractivity contribution in [3.05, 3.63) is 51.8 Å². The first-order valence-electron chi connectivity index (χ1n) is 9.99. The lowest BCUT2D eigenvalue weighted by atomic mass is 10.1. The minimum absolute atomic E-state index is 0.143. The van der Waals surface area contributed by atoms with Gasteiger partial charge >= 0.3 is 5.97 Å². The van der Waals surface area contributed by atoms with E-state index < -0.39 is 18.0 Å². The third kappa shape index (κ3) is 3.81. The number of hydrogen-bond donors (Lipinski definition) is 1. The summed E-state index contributed by atoms with van der Waals surface area (Å²) in [6.45, 7) is 3.42. The van der Waals surface area contributed by atoms with E-state index >= 15 is 0 Å². The van der Waals surface area contributed by atoms with Gasteiger partial charge in [0.05, 0.1) is 5.56 Å². The van der Waals surface area contributed by atoms with Crippen LogP contribution in [-0.4, -0.2) is 27.4 Å². The van der Waals surface area contributed by atoms with Crippen LogP contribution in [0.4, 0.5) is 5.00 Å². The van der Waals surface area contributed by atoms with E-state index in [9.17, 15) is 14.9 Å². The summed E-state index contributed by atoms with van der Waals surface area (Å²) in [4.78, 5) is 30.6. The quantitative estimate of drug-likeness (QED) is 0.506. The maximum atomic E-state index is 12.6. The number of hydrogen-bond acceptors (Lipinski definition) is 6. The molecular formula is C22H22N4O3S. The molecule has 1 unspecified atom stereocenters. The molecule has 0 aromatic carbocycles. The van der Waals surface area contributed by atoms with Crippen molar-refractivity contribution >= 4 is 33.9 Å². The van der Waals surface area contributed by atoms with Crippen LogP contribution in [0.3, 0.4) is 0 Å². The molecule has 0 aliphatic heterocycles. The number of pyridine rings is 1. The van der Waals surface area contributed by atoms with E-state index in [1.807, 2.05) is 19.1 Å². The summed E-state index contributed by atoms with van der Waals surface area (Å²) in [5.74, 6) is -1.13. The van der Waals surface area contributed by atoms with Crippen LogP contribution in [0.2, 0.25) is 0 Å². The predicted octanol–water partition coefficient (Wildman–Crippen LogP) is 4.03. The highest BCUT2D eigenvalue weighted by atomic mass is 32.1. The van der Waals surface area contributed by atoms with Gasteiger partial charge in [-0.2, -0.15) is 5.26 Å². The van der Waals surface area contributed by atoms with Crippen LogP contribution < -0.4 is 5.32 Å². The Bertz CT molecular complexity index is 1170. The molecule has 30 heavy (non-hydrogen) atoms. The number of carbonyl (C=O) groups is 2. The number of aromatic nitrogens is 2. The molecule has 154 valence electrons. The fourth-order valence-electron chi connectivity index (χ4n) is 3.68. The first-order valence-corrected chi connectivity index (χ1v) is 10.8. The zero-order chi connectivity index (χ0) is 21.3. The van der Waals surface area contributed by atoms with Crippen LogP contribution in [0.5, 0.6) is 0 Å². The number of fused-ring (bicyclic) bond motifs is 2. The first kappa shape index (κ1) is 20.1. The van der Waals surface area contributed by atoms with Crippen LogP contribution >= 0.6 is 11.3 Å². The number of nitrogens with zero attached hydrogens (tertiary/aromatic N) is 3. The minimum Gasteiger partial charge on any atom is -0.448 e. The zero-order valence-electron chi connectivity index (χ0n) is 16.9. The Morgan fingerprint density at radius 3 is 2.87 bits per heavy atom. The third-order valence-electron chi connectivity index (χ3n) is 5.33. The monoisotopic (exact) mass is 422 g/mol. The largest absolute Gasteiger partial charge is 0.448 e. The molecule has 1 aliphatic rings. The molecule has 3 aromatic heterocycles. The maximum Gasteiger partial charge on any atom is 0.359 e. The molecule has 0 saturated heterocycles. The molecule has 8 heteroatoms. The molecule has 1 atom stereocenters. The molecule has 7 nitrogen and oxygen atoms in total. The molecule has 0 fully saturated rings. The number of rotatable bonds is 4. The highest BCUT2D eigenvalue weighted by Gasteiger charge is 2.25. The van der Waals surface area contributed by atoms with Gasteiger partial charge in [0.1, 0.15) is 16.7 Å². The van der Waals surface area contributed by atoms with Gasteiger partial charge in [-0.3, -0.25) is 4.79 Å². The second-order valence-electron chi connectivity index (χ2n) is 7.44. The average molecular weight is 423 g/mol. The summed E-state index contributed by atoms with van der Waals surface area (Å²) >= 11 is 1.45. The van der Waals surface area contributed by atoms with Crippen LogP contribution in [0.25, 0.3) is 5.65 Å². The number of esters is 1. The van der Waals surface area contributed by atoms with Crippen molar-refractivity contribution < 1.29 is 14.3 Å². The Morgan fingerprint density at radius 2 is 2.10 bits per heavy atom. The fraction of sp³-hybridized carbons (Fsp3) is 0.364. The van der Waals surface area contributed by atoms with Crippen LogP contribution in [0.1, 0.15) is 58.4 Å². The molecular weight excluding hydrogens is 400 g/mol. The molecule has 3 heterocycles. The summed E-state index contributed by atoms with van der Waals surface area (Å²) in [6, 6.07) is 7.80. The Hall–Kier alpha value is -3.18. The predicted molar refractivity (Wildman–Crippen MR) is 114 cm³/mol. The number of imidazole rings is 1. The Kier molecular flexibility index (Phi) is 5.55. The highest BCUT2D eigenvalue weighted by Crippen LogP contribution is 2.37. The van der Waals surface area contributed by atoms with Crippen LogP contribution in [-0.2, 0) is 22.4 Å². The number of nitriles is 1. The van der Waals surface area contributed by atoms with Crippen molar-refractivity contribution in [1.29, 1.82) is 5.26 Å². The summed E-state index contributed by atoms with van der Waals surface area (Å²) in [5, 5.41) is 12.9. The van der Waals surface area contributed by atoms with Gasteiger partial charge in [-0.25, -0.2) is 9.78 Å². The number of thiophene rings is 1. The second kappa shape index (κ2) is 8.28. The molecule has 4 rings (SSSR count). The van der Waals surface area contributed by atoms with Gasteiger partial charge in [0, 0.05) is 16.8 Å². The van der Waals surface area contributed by atoms with Crippen molar-refractivity contribution in [2.24, 2.45) is 0 Å². The van der Waals surface area contributed by atoms with E-state index in [4.69, 9.17) is 4.74 Å². The SMILES string of the molecule is Cc1cccc2nc(C(=O)OC(C)C(=O)Nc3sc4c(c3C#N)CCCCC4)cn12. The molecule has 0 spiro atoms. The molecule has 3 aromatic rings. The number of carbonyl (C=O) groups excluding carboxylic acids is 2. The highest BCUT2D eigenvalue weighted by molar-refractivity contribution is 7.16. The maximum absolute atomic E-state index is 12.6. The standard InChI is InChI=1S/C22H22N4O3S/c1-13-7-6-10-19-24-17(12-26(13)19)22(28)29-14(2)20(27)25-21-16(11-23)15-8-4-3-5-9-18(15)30-21/h6-7,10,12,14H,3-5,8-9H2,1-2H3,(H,25,27). The summed E-state index contributed by atoms with van der Waals surface area (Å²) < 4.78 is 7.12. The van der Waals surface area contributed by atoms with Gasteiger partial charge in [0.2, 0.25) is 0 Å². The van der Waals surface area contributed by atoms with Gasteiger partial charge in [0.25, 0.3) is 5.91 Å². The lowest BCUT2D eigenvalue weighted by Crippen LogP contribution is -2.30. The van der Waals surface area contributed by atoms with Crippen molar-refractivity contribution in [3.8, 4) is 6.07 Å². The number of nitrogens with one attached hydrogen (secondary N) is 1. The van der Waals surface area contributed by atoms with Crippen molar-refractivity contribution in [2.45, 2.75) is 52.1 Å². The van der Waals surface area contributed by atoms with Gasteiger partial charge in [-0.15, -0.1) is 11.3 Å². The molecule has 1 N–H and O–H groups in total. The van der Waals surface area contributed by atoms with Gasteiger partial charge in [-0.05, 0) is 57.2 Å². The molecule has 1 aliphatic carbocycles. The topological polar surface area (TPSA) is 96.5 Å².